The average Bonchev–Trinajstić information content (AvgIpc) is 2.74. The molecule has 2 saturated carbocycles. The number of carbonyl (C=O) groups excluding carboxylic acids is 1. The molecule has 4 atom stereocenters. The molecule has 0 aliphatic heterocycles. The number of fused-ring (bicyclic) bond motifs is 2. The summed E-state index contributed by atoms with van der Waals surface area (Å²) in [5.41, 5.74) is 0. The predicted molar refractivity (Wildman–Crippen MR) is 47.5 cm³/mol. The van der Waals surface area contributed by atoms with Gasteiger partial charge in [0.15, 0.2) is 0 Å². The predicted octanol–water partition coefficient (Wildman–Crippen LogP) is 0.906. The molecule has 14 heavy (non-hydrogen) atoms. The monoisotopic (exact) mass is 198 g/mol. The highest BCUT2D eigenvalue weighted by atomic mass is 16.5. The lowest BCUT2D eigenvalue weighted by Gasteiger charge is -2.25. The van der Waals surface area contributed by atoms with Crippen molar-refractivity contribution in [2.24, 2.45) is 23.7 Å². The number of rotatable bonds is 2. The summed E-state index contributed by atoms with van der Waals surface area (Å²) in [4.78, 5) is 22.4. The van der Waals surface area contributed by atoms with Crippen LogP contribution < -0.4 is 0 Å². The third-order valence-electron chi connectivity index (χ3n) is 3.67. The summed E-state index contributed by atoms with van der Waals surface area (Å²) in [7, 11) is 1.33. The van der Waals surface area contributed by atoms with Crippen molar-refractivity contribution in [3.8, 4) is 0 Å². The van der Waals surface area contributed by atoms with Gasteiger partial charge in [-0.25, -0.2) is 0 Å². The van der Waals surface area contributed by atoms with E-state index in [9.17, 15) is 9.59 Å². The summed E-state index contributed by atoms with van der Waals surface area (Å²) in [6, 6.07) is 0. The normalized spacial score (nSPS) is 39.8. The zero-order chi connectivity index (χ0) is 10.3. The number of hydrogen-bond acceptors (Lipinski definition) is 3. The first-order valence-electron chi connectivity index (χ1n) is 4.95. The summed E-state index contributed by atoms with van der Waals surface area (Å²) >= 11 is 0. The number of hydrogen-bond donors (Lipinski definition) is 1. The van der Waals surface area contributed by atoms with Gasteiger partial charge in [0.25, 0.3) is 0 Å². The van der Waals surface area contributed by atoms with Crippen molar-refractivity contribution < 1.29 is 19.4 Å². The second-order valence-electron chi connectivity index (χ2n) is 4.25. The Morgan fingerprint density at radius 3 is 2.29 bits per heavy atom. The van der Waals surface area contributed by atoms with E-state index in [1.54, 1.807) is 0 Å². The van der Waals surface area contributed by atoms with Crippen molar-refractivity contribution in [2.45, 2.75) is 19.3 Å². The molecule has 0 amide bonds. The maximum absolute atomic E-state index is 11.4. The van der Waals surface area contributed by atoms with Crippen molar-refractivity contribution in [3.63, 3.8) is 0 Å². The van der Waals surface area contributed by atoms with E-state index >= 15 is 0 Å². The molecule has 2 fully saturated rings. The molecule has 1 N–H and O–H groups in total. The van der Waals surface area contributed by atoms with Crippen molar-refractivity contribution in [2.75, 3.05) is 7.11 Å². The number of carbonyl (C=O) groups is 2. The molecule has 0 aromatic carbocycles. The van der Waals surface area contributed by atoms with Crippen LogP contribution in [0.3, 0.4) is 0 Å². The highest BCUT2D eigenvalue weighted by Crippen LogP contribution is 2.52. The van der Waals surface area contributed by atoms with Crippen LogP contribution in [0.15, 0.2) is 0 Å². The Labute approximate surface area is 82.2 Å². The minimum absolute atomic E-state index is 0.196. The van der Waals surface area contributed by atoms with Gasteiger partial charge in [0.1, 0.15) is 0 Å². The molecule has 0 spiro atoms. The molecule has 0 saturated heterocycles. The fraction of sp³-hybridized carbons (Fsp3) is 0.800. The fourth-order valence-corrected chi connectivity index (χ4v) is 3.12. The molecule has 0 aromatic rings. The van der Waals surface area contributed by atoms with Gasteiger partial charge >= 0.3 is 11.9 Å². The highest BCUT2D eigenvalue weighted by molar-refractivity contribution is 5.82. The van der Waals surface area contributed by atoms with Gasteiger partial charge in [0, 0.05) is 0 Å². The zero-order valence-corrected chi connectivity index (χ0v) is 8.10. The minimum Gasteiger partial charge on any atom is -0.481 e. The van der Waals surface area contributed by atoms with Gasteiger partial charge in [-0.1, -0.05) is 0 Å². The Kier molecular flexibility index (Phi) is 2.21. The Hall–Kier alpha value is -1.06. The van der Waals surface area contributed by atoms with E-state index < -0.39 is 17.8 Å². The van der Waals surface area contributed by atoms with Gasteiger partial charge in [0.05, 0.1) is 18.9 Å². The van der Waals surface area contributed by atoms with Crippen molar-refractivity contribution in [3.05, 3.63) is 0 Å². The van der Waals surface area contributed by atoms with Gasteiger partial charge in [-0.2, -0.15) is 0 Å². The number of aliphatic carboxylic acids is 1. The van der Waals surface area contributed by atoms with E-state index in [0.717, 1.165) is 19.3 Å². The zero-order valence-electron chi connectivity index (χ0n) is 8.10. The van der Waals surface area contributed by atoms with Crippen molar-refractivity contribution in [1.29, 1.82) is 0 Å². The Bertz CT molecular complexity index is 273. The number of carboxylic acids is 1. The molecular formula is C10H14O4. The van der Waals surface area contributed by atoms with Gasteiger partial charge < -0.3 is 9.84 Å². The molecule has 2 bridgehead atoms. The molecule has 2 aliphatic carbocycles. The van der Waals surface area contributed by atoms with E-state index in [4.69, 9.17) is 5.11 Å². The molecule has 4 nitrogen and oxygen atoms in total. The molecule has 4 heteroatoms. The lowest BCUT2D eigenvalue weighted by molar-refractivity contribution is -0.158. The Morgan fingerprint density at radius 2 is 1.79 bits per heavy atom. The Morgan fingerprint density at radius 1 is 1.21 bits per heavy atom. The lowest BCUT2D eigenvalue weighted by Crippen LogP contribution is -2.35. The van der Waals surface area contributed by atoms with Gasteiger partial charge in [-0.05, 0) is 31.1 Å². The van der Waals surface area contributed by atoms with Crippen LogP contribution >= 0.6 is 0 Å². The lowest BCUT2D eigenvalue weighted by atomic mass is 9.79. The van der Waals surface area contributed by atoms with Crippen molar-refractivity contribution >= 4 is 11.9 Å². The van der Waals surface area contributed by atoms with E-state index in [2.05, 4.69) is 4.74 Å². The third-order valence-corrected chi connectivity index (χ3v) is 3.67. The Balaban J connectivity index is 2.21. The molecule has 0 radical (unpaired) electrons. The smallest absolute Gasteiger partial charge is 0.309 e. The van der Waals surface area contributed by atoms with Crippen LogP contribution in [-0.2, 0) is 14.3 Å². The summed E-state index contributed by atoms with van der Waals surface area (Å²) < 4.78 is 4.66. The number of methoxy groups -OCH3 is 1. The van der Waals surface area contributed by atoms with E-state index in [1.807, 2.05) is 0 Å². The van der Waals surface area contributed by atoms with Gasteiger partial charge in [0.2, 0.25) is 0 Å². The standard InChI is InChI=1S/C10H14O4/c1-14-10(13)8-6-3-2-5(4-6)7(8)9(11)12/h5-8H,2-4H2,1H3,(H,11,12)/t5-,6?,7?,8-/m1/s1. The fourth-order valence-electron chi connectivity index (χ4n) is 3.12. The topological polar surface area (TPSA) is 63.6 Å². The average molecular weight is 198 g/mol. The van der Waals surface area contributed by atoms with Crippen LogP contribution in [0.25, 0.3) is 0 Å². The minimum atomic E-state index is -0.840. The SMILES string of the molecule is COC(=O)[C@@H]1C2CC[C@H](C2)C1C(=O)O. The second kappa shape index (κ2) is 3.26. The number of ether oxygens (including phenoxy) is 1. The van der Waals surface area contributed by atoms with Crippen LogP contribution in [0.5, 0.6) is 0 Å². The summed E-state index contributed by atoms with van der Waals surface area (Å²) in [6.45, 7) is 0. The van der Waals surface area contributed by atoms with E-state index in [1.165, 1.54) is 7.11 Å². The first-order chi connectivity index (χ1) is 6.65. The van der Waals surface area contributed by atoms with Crippen LogP contribution in [0, 0.1) is 23.7 Å². The number of carboxylic acid groups (broad SMARTS) is 1. The van der Waals surface area contributed by atoms with E-state index in [-0.39, 0.29) is 17.8 Å². The van der Waals surface area contributed by atoms with Crippen molar-refractivity contribution in [1.82, 2.24) is 0 Å². The highest BCUT2D eigenvalue weighted by Gasteiger charge is 2.54. The number of esters is 1. The quantitative estimate of drug-likeness (QED) is 0.670. The van der Waals surface area contributed by atoms with Crippen LogP contribution in [-0.4, -0.2) is 24.2 Å². The van der Waals surface area contributed by atoms with Gasteiger partial charge in [-0.3, -0.25) is 9.59 Å². The summed E-state index contributed by atoms with van der Waals surface area (Å²) in [6.07, 6.45) is 2.82. The van der Waals surface area contributed by atoms with Crippen LogP contribution in [0.4, 0.5) is 0 Å². The molecule has 0 aromatic heterocycles. The summed E-state index contributed by atoms with van der Waals surface area (Å²) in [5, 5.41) is 9.04. The van der Waals surface area contributed by atoms with E-state index in [0.29, 0.717) is 0 Å². The molecule has 2 aliphatic rings. The first kappa shape index (κ1) is 9.49. The van der Waals surface area contributed by atoms with Crippen LogP contribution in [0.1, 0.15) is 19.3 Å². The van der Waals surface area contributed by atoms with Gasteiger partial charge in [-0.15, -0.1) is 0 Å². The largest absolute Gasteiger partial charge is 0.481 e. The summed E-state index contributed by atoms with van der Waals surface area (Å²) in [5.74, 6) is -1.63. The maximum atomic E-state index is 11.4. The molecule has 2 unspecified atom stereocenters. The molecule has 2 rings (SSSR count). The third kappa shape index (κ3) is 1.21. The molecule has 0 heterocycles. The maximum Gasteiger partial charge on any atom is 0.309 e. The molecule has 78 valence electrons. The first-order valence-corrected chi connectivity index (χ1v) is 4.95. The molecular weight excluding hydrogens is 184 g/mol. The second-order valence-corrected chi connectivity index (χ2v) is 4.25. The van der Waals surface area contributed by atoms with Crippen LogP contribution in [0.2, 0.25) is 0 Å².